The normalized spacial score (nSPS) is 22.8. The Morgan fingerprint density at radius 2 is 2.21 bits per heavy atom. The van der Waals surface area contributed by atoms with Crippen molar-refractivity contribution in [2.75, 3.05) is 0 Å². The van der Waals surface area contributed by atoms with Crippen LogP contribution in [0.2, 0.25) is 0 Å². The zero-order valence-corrected chi connectivity index (χ0v) is 9.25. The van der Waals surface area contributed by atoms with Crippen LogP contribution in [0.15, 0.2) is 22.8 Å². The van der Waals surface area contributed by atoms with Crippen LogP contribution in [-0.4, -0.2) is 11.2 Å². The molecule has 1 rings (SSSR count). The van der Waals surface area contributed by atoms with Crippen LogP contribution in [0.1, 0.15) is 6.42 Å². The summed E-state index contributed by atoms with van der Waals surface area (Å²) in [5.74, 6) is -0.222. The van der Waals surface area contributed by atoms with Crippen molar-refractivity contribution in [3.8, 4) is 0 Å². The molecule has 0 spiro atoms. The SMILES string of the molecule is NSC1=CC(Br)CC=C1OC(F)(F)F. The Bertz CT molecular complexity index is 277. The fourth-order valence-electron chi connectivity index (χ4n) is 0.949. The molecule has 0 amide bonds. The molecule has 80 valence electrons. The number of halogens is 4. The third-order valence-corrected chi connectivity index (χ3v) is 2.69. The number of ether oxygens (including phenoxy) is 1. The van der Waals surface area contributed by atoms with Gasteiger partial charge in [-0.05, 0) is 24.4 Å². The maximum absolute atomic E-state index is 11.9. The Kier molecular flexibility index (Phi) is 3.91. The second-order valence-corrected chi connectivity index (χ2v) is 4.37. The summed E-state index contributed by atoms with van der Waals surface area (Å²) in [6, 6.07) is 0. The average molecular weight is 290 g/mol. The van der Waals surface area contributed by atoms with Gasteiger partial charge >= 0.3 is 6.36 Å². The van der Waals surface area contributed by atoms with E-state index in [1.807, 2.05) is 0 Å². The zero-order chi connectivity index (χ0) is 10.8. The Balaban J connectivity index is 2.74. The lowest BCUT2D eigenvalue weighted by atomic mass is 10.2. The maximum Gasteiger partial charge on any atom is 0.573 e. The van der Waals surface area contributed by atoms with Gasteiger partial charge in [0, 0.05) is 4.83 Å². The minimum absolute atomic E-state index is 0.00846. The molecule has 2 N–H and O–H groups in total. The fourth-order valence-corrected chi connectivity index (χ4v) is 2.06. The highest BCUT2D eigenvalue weighted by Crippen LogP contribution is 2.33. The summed E-state index contributed by atoms with van der Waals surface area (Å²) in [5.41, 5.74) is 0. The lowest BCUT2D eigenvalue weighted by molar-refractivity contribution is -0.303. The van der Waals surface area contributed by atoms with Crippen LogP contribution in [0.25, 0.3) is 0 Å². The molecule has 1 atom stereocenters. The smallest absolute Gasteiger partial charge is 0.405 e. The van der Waals surface area contributed by atoms with E-state index in [2.05, 4.69) is 20.7 Å². The molecule has 7 heteroatoms. The summed E-state index contributed by atoms with van der Waals surface area (Å²) < 4.78 is 39.5. The number of hydrogen-bond donors (Lipinski definition) is 1. The molecular weight excluding hydrogens is 283 g/mol. The summed E-state index contributed by atoms with van der Waals surface area (Å²) in [6.45, 7) is 0. The molecule has 0 radical (unpaired) electrons. The first-order valence-corrected chi connectivity index (χ1v) is 5.41. The molecule has 2 nitrogen and oxygen atoms in total. The molecule has 0 saturated heterocycles. The molecular formula is C7H7BrF3NOS. The first-order chi connectivity index (χ1) is 6.42. The first-order valence-electron chi connectivity index (χ1n) is 3.61. The van der Waals surface area contributed by atoms with Crippen LogP contribution < -0.4 is 5.14 Å². The van der Waals surface area contributed by atoms with E-state index in [1.165, 1.54) is 6.08 Å². The van der Waals surface area contributed by atoms with E-state index < -0.39 is 6.36 Å². The van der Waals surface area contributed by atoms with E-state index in [0.29, 0.717) is 6.42 Å². The second-order valence-electron chi connectivity index (χ2n) is 2.52. The lowest BCUT2D eigenvalue weighted by Crippen LogP contribution is -2.16. The highest BCUT2D eigenvalue weighted by atomic mass is 79.9. The summed E-state index contributed by atoms with van der Waals surface area (Å²) in [7, 11) is 0. The zero-order valence-electron chi connectivity index (χ0n) is 6.84. The predicted octanol–water partition coefficient (Wildman–Crippen LogP) is 3.06. The van der Waals surface area contributed by atoms with E-state index in [1.54, 1.807) is 6.08 Å². The summed E-state index contributed by atoms with van der Waals surface area (Å²) in [4.78, 5) is 0.296. The van der Waals surface area contributed by atoms with E-state index in [0.717, 1.165) is 11.9 Å². The third-order valence-electron chi connectivity index (χ3n) is 1.46. The van der Waals surface area contributed by atoms with Crippen molar-refractivity contribution in [1.29, 1.82) is 0 Å². The highest BCUT2D eigenvalue weighted by Gasteiger charge is 2.33. The summed E-state index contributed by atoms with van der Waals surface area (Å²) in [6.07, 6.45) is -1.26. The van der Waals surface area contributed by atoms with Crippen LogP contribution in [-0.2, 0) is 4.74 Å². The first kappa shape index (κ1) is 11.9. The second kappa shape index (κ2) is 4.59. The minimum atomic E-state index is -4.67. The molecule has 14 heavy (non-hydrogen) atoms. The topological polar surface area (TPSA) is 35.2 Å². The van der Waals surface area contributed by atoms with E-state index >= 15 is 0 Å². The van der Waals surface area contributed by atoms with Crippen LogP contribution in [0.5, 0.6) is 0 Å². The molecule has 0 fully saturated rings. The minimum Gasteiger partial charge on any atom is -0.405 e. The molecule has 1 aliphatic rings. The van der Waals surface area contributed by atoms with Gasteiger partial charge in [-0.1, -0.05) is 22.0 Å². The largest absolute Gasteiger partial charge is 0.573 e. The van der Waals surface area contributed by atoms with Crippen LogP contribution in [0.4, 0.5) is 13.2 Å². The van der Waals surface area contributed by atoms with Crippen molar-refractivity contribution < 1.29 is 17.9 Å². The van der Waals surface area contributed by atoms with Gasteiger partial charge in [0.2, 0.25) is 0 Å². The van der Waals surface area contributed by atoms with Crippen molar-refractivity contribution in [2.45, 2.75) is 17.6 Å². The molecule has 0 bridgehead atoms. The molecule has 0 heterocycles. The Labute approximate surface area is 91.6 Å². The number of alkyl halides is 4. The van der Waals surface area contributed by atoms with Gasteiger partial charge in [0.1, 0.15) is 5.76 Å². The van der Waals surface area contributed by atoms with Gasteiger partial charge in [0.05, 0.1) is 4.91 Å². The summed E-state index contributed by atoms with van der Waals surface area (Å²) >= 11 is 3.99. The van der Waals surface area contributed by atoms with Gasteiger partial charge in [-0.15, -0.1) is 13.2 Å². The molecule has 0 saturated carbocycles. The van der Waals surface area contributed by atoms with Gasteiger partial charge in [-0.3, -0.25) is 5.14 Å². The van der Waals surface area contributed by atoms with Crippen molar-refractivity contribution in [3.63, 3.8) is 0 Å². The molecule has 1 unspecified atom stereocenters. The van der Waals surface area contributed by atoms with Crippen LogP contribution in [0.3, 0.4) is 0 Å². The maximum atomic E-state index is 11.9. The Morgan fingerprint density at radius 1 is 1.57 bits per heavy atom. The van der Waals surface area contributed by atoms with Gasteiger partial charge < -0.3 is 4.74 Å². The van der Waals surface area contributed by atoms with Crippen molar-refractivity contribution >= 4 is 27.9 Å². The van der Waals surface area contributed by atoms with E-state index in [9.17, 15) is 13.2 Å². The quantitative estimate of drug-likeness (QED) is 0.627. The fraction of sp³-hybridized carbons (Fsp3) is 0.429. The molecule has 0 aromatic carbocycles. The van der Waals surface area contributed by atoms with Crippen molar-refractivity contribution in [1.82, 2.24) is 0 Å². The highest BCUT2D eigenvalue weighted by molar-refractivity contribution is 9.09. The van der Waals surface area contributed by atoms with Gasteiger partial charge in [0.15, 0.2) is 0 Å². The summed E-state index contributed by atoms with van der Waals surface area (Å²) in [5, 5.41) is 5.21. The lowest BCUT2D eigenvalue weighted by Gasteiger charge is -2.18. The van der Waals surface area contributed by atoms with Crippen LogP contribution in [0, 0.1) is 0 Å². The third kappa shape index (κ3) is 3.55. The van der Waals surface area contributed by atoms with Crippen molar-refractivity contribution in [2.24, 2.45) is 5.14 Å². The number of allylic oxidation sites excluding steroid dienone is 2. The standard InChI is InChI=1S/C7H7BrF3NOS/c8-4-1-2-5(6(3-4)14-12)13-7(9,10)11/h2-4H,1,12H2. The Hall–Kier alpha value is -0.140. The van der Waals surface area contributed by atoms with Crippen LogP contribution >= 0.6 is 27.9 Å². The van der Waals surface area contributed by atoms with Gasteiger partial charge in [-0.25, -0.2) is 0 Å². The van der Waals surface area contributed by atoms with Gasteiger partial charge in [0.25, 0.3) is 0 Å². The monoisotopic (exact) mass is 289 g/mol. The number of nitrogens with two attached hydrogens (primary N) is 1. The van der Waals surface area contributed by atoms with E-state index in [4.69, 9.17) is 5.14 Å². The molecule has 1 aliphatic carbocycles. The molecule has 0 aliphatic heterocycles. The average Bonchev–Trinajstić information content (AvgIpc) is 2.06. The Morgan fingerprint density at radius 3 is 2.71 bits per heavy atom. The molecule has 0 aromatic heterocycles. The molecule has 0 aromatic rings. The number of rotatable bonds is 2. The number of hydrogen-bond acceptors (Lipinski definition) is 3. The van der Waals surface area contributed by atoms with Gasteiger partial charge in [-0.2, -0.15) is 0 Å². The van der Waals surface area contributed by atoms with E-state index in [-0.39, 0.29) is 15.5 Å². The van der Waals surface area contributed by atoms with Crippen molar-refractivity contribution in [3.05, 3.63) is 22.8 Å². The predicted molar refractivity (Wildman–Crippen MR) is 52.4 cm³/mol.